The van der Waals surface area contributed by atoms with E-state index in [0.29, 0.717) is 23.6 Å². The van der Waals surface area contributed by atoms with Crippen LogP contribution in [0.15, 0.2) is 53.7 Å². The lowest BCUT2D eigenvalue weighted by Gasteiger charge is -2.17. The van der Waals surface area contributed by atoms with Gasteiger partial charge in [0, 0.05) is 11.4 Å². The molecule has 4 aromatic rings. The Morgan fingerprint density at radius 1 is 1.00 bits per heavy atom. The first-order chi connectivity index (χ1) is 14.3. The molecule has 0 radical (unpaired) electrons. The van der Waals surface area contributed by atoms with Gasteiger partial charge in [-0.05, 0) is 61.8 Å². The summed E-state index contributed by atoms with van der Waals surface area (Å²) < 4.78 is 2.09. The number of carbonyl (C=O) groups is 1. The van der Waals surface area contributed by atoms with Gasteiger partial charge in [0.2, 0.25) is 5.91 Å². The third kappa shape index (κ3) is 3.15. The fourth-order valence-electron chi connectivity index (χ4n) is 4.30. The zero-order chi connectivity index (χ0) is 19.4. The highest BCUT2D eigenvalue weighted by Crippen LogP contribution is 2.44. The van der Waals surface area contributed by atoms with Crippen molar-refractivity contribution in [2.45, 2.75) is 36.9 Å². The van der Waals surface area contributed by atoms with Crippen LogP contribution in [-0.4, -0.2) is 32.1 Å². The molecule has 1 amide bonds. The molecule has 5 nitrogen and oxygen atoms in total. The van der Waals surface area contributed by atoms with Crippen molar-refractivity contribution >= 4 is 45.3 Å². The van der Waals surface area contributed by atoms with Crippen LogP contribution in [0.25, 0.3) is 27.6 Å². The Bertz CT molecular complexity index is 1230. The van der Waals surface area contributed by atoms with Gasteiger partial charge in [0.1, 0.15) is 5.65 Å². The van der Waals surface area contributed by atoms with Crippen molar-refractivity contribution < 1.29 is 4.79 Å². The number of para-hydroxylation sites is 3. The first-order valence-corrected chi connectivity index (χ1v) is 11.3. The van der Waals surface area contributed by atoms with Gasteiger partial charge in [-0.3, -0.25) is 9.20 Å². The van der Waals surface area contributed by atoms with Gasteiger partial charge in [-0.1, -0.05) is 36.0 Å². The minimum atomic E-state index is 0.117. The molecular formula is C23H22N4OS. The van der Waals surface area contributed by atoms with E-state index in [0.717, 1.165) is 32.7 Å². The molecule has 6 rings (SSSR count). The van der Waals surface area contributed by atoms with E-state index in [2.05, 4.69) is 21.9 Å². The minimum absolute atomic E-state index is 0.117. The molecule has 2 aromatic carbocycles. The SMILES string of the molecule is O=C(CSc1nc2ccccc2c2nc3ccccc3n12)NC(C1CC1)C1CC1. The summed E-state index contributed by atoms with van der Waals surface area (Å²) in [6.45, 7) is 0. The van der Waals surface area contributed by atoms with Gasteiger partial charge in [-0.15, -0.1) is 0 Å². The minimum Gasteiger partial charge on any atom is -0.352 e. The Morgan fingerprint density at radius 2 is 1.69 bits per heavy atom. The molecule has 2 aliphatic carbocycles. The van der Waals surface area contributed by atoms with Crippen molar-refractivity contribution in [3.05, 3.63) is 48.5 Å². The molecule has 0 atom stereocenters. The number of hydrogen-bond donors (Lipinski definition) is 1. The van der Waals surface area contributed by atoms with Crippen molar-refractivity contribution in [3.63, 3.8) is 0 Å². The quantitative estimate of drug-likeness (QED) is 0.383. The van der Waals surface area contributed by atoms with E-state index in [4.69, 9.17) is 9.97 Å². The van der Waals surface area contributed by atoms with Crippen molar-refractivity contribution in [1.82, 2.24) is 19.7 Å². The summed E-state index contributed by atoms with van der Waals surface area (Å²) in [7, 11) is 0. The summed E-state index contributed by atoms with van der Waals surface area (Å²) in [4.78, 5) is 22.4. The van der Waals surface area contributed by atoms with Crippen LogP contribution >= 0.6 is 11.8 Å². The predicted molar refractivity (Wildman–Crippen MR) is 116 cm³/mol. The summed E-state index contributed by atoms with van der Waals surface area (Å²) in [5.41, 5.74) is 3.78. The molecule has 2 heterocycles. The largest absolute Gasteiger partial charge is 0.352 e. The van der Waals surface area contributed by atoms with E-state index in [1.807, 2.05) is 36.4 Å². The molecule has 6 heteroatoms. The summed E-state index contributed by atoms with van der Waals surface area (Å²) in [6, 6.07) is 16.6. The second kappa shape index (κ2) is 6.73. The van der Waals surface area contributed by atoms with Crippen LogP contribution in [0.2, 0.25) is 0 Å². The Hall–Kier alpha value is -2.60. The molecule has 29 heavy (non-hydrogen) atoms. The number of benzene rings is 2. The van der Waals surface area contributed by atoms with Crippen LogP contribution in [0.4, 0.5) is 0 Å². The van der Waals surface area contributed by atoms with Crippen molar-refractivity contribution in [3.8, 4) is 0 Å². The second-order valence-electron chi connectivity index (χ2n) is 8.23. The molecule has 0 unspecified atom stereocenters. The van der Waals surface area contributed by atoms with Gasteiger partial charge in [-0.2, -0.15) is 0 Å². The molecule has 2 fully saturated rings. The van der Waals surface area contributed by atoms with Crippen LogP contribution in [0.3, 0.4) is 0 Å². The van der Waals surface area contributed by atoms with E-state index in [1.54, 1.807) is 0 Å². The lowest BCUT2D eigenvalue weighted by atomic mass is 10.1. The topological polar surface area (TPSA) is 59.3 Å². The van der Waals surface area contributed by atoms with Crippen molar-refractivity contribution in [2.75, 3.05) is 5.75 Å². The van der Waals surface area contributed by atoms with Gasteiger partial charge >= 0.3 is 0 Å². The Morgan fingerprint density at radius 3 is 2.45 bits per heavy atom. The first kappa shape index (κ1) is 17.3. The highest BCUT2D eigenvalue weighted by molar-refractivity contribution is 7.99. The third-order valence-electron chi connectivity index (χ3n) is 6.03. The third-order valence-corrected chi connectivity index (χ3v) is 6.97. The zero-order valence-electron chi connectivity index (χ0n) is 16.0. The number of amides is 1. The van der Waals surface area contributed by atoms with E-state index < -0.39 is 0 Å². The number of hydrogen-bond acceptors (Lipinski definition) is 4. The van der Waals surface area contributed by atoms with Crippen LogP contribution in [0, 0.1) is 11.8 Å². The van der Waals surface area contributed by atoms with E-state index in [-0.39, 0.29) is 5.91 Å². The fraction of sp³-hybridized carbons (Fsp3) is 0.348. The lowest BCUT2D eigenvalue weighted by molar-refractivity contribution is -0.119. The molecule has 2 aromatic heterocycles. The summed E-state index contributed by atoms with van der Waals surface area (Å²) in [5, 5.41) is 5.16. The fourth-order valence-corrected chi connectivity index (χ4v) is 5.12. The van der Waals surface area contributed by atoms with E-state index >= 15 is 0 Å². The van der Waals surface area contributed by atoms with Gasteiger partial charge < -0.3 is 5.32 Å². The van der Waals surface area contributed by atoms with Crippen LogP contribution in [0.5, 0.6) is 0 Å². The summed E-state index contributed by atoms with van der Waals surface area (Å²) in [6.07, 6.45) is 5.07. The Kier molecular flexibility index (Phi) is 4.01. The smallest absolute Gasteiger partial charge is 0.230 e. The maximum absolute atomic E-state index is 12.7. The number of carbonyl (C=O) groups excluding carboxylic acids is 1. The normalized spacial score (nSPS) is 16.9. The predicted octanol–water partition coefficient (Wildman–Crippen LogP) is 4.43. The number of nitrogens with zero attached hydrogens (tertiary/aromatic N) is 3. The Balaban J connectivity index is 1.34. The van der Waals surface area contributed by atoms with Crippen LogP contribution in [0.1, 0.15) is 25.7 Å². The molecule has 146 valence electrons. The zero-order valence-corrected chi connectivity index (χ0v) is 16.9. The molecule has 0 bridgehead atoms. The number of aromatic nitrogens is 3. The number of imidazole rings is 1. The standard InChI is InChI=1S/C23H22N4OS/c28-20(26-21(14-9-10-14)15-11-12-15)13-29-23-25-17-6-2-1-5-16(17)22-24-18-7-3-4-8-19(18)27(22)23/h1-8,14-15,21H,9-13H2,(H,26,28). The molecular weight excluding hydrogens is 380 g/mol. The maximum Gasteiger partial charge on any atom is 0.230 e. The van der Waals surface area contributed by atoms with Gasteiger partial charge in [0.05, 0.1) is 22.3 Å². The lowest BCUT2D eigenvalue weighted by Crippen LogP contribution is -2.39. The van der Waals surface area contributed by atoms with Gasteiger partial charge in [0.15, 0.2) is 5.16 Å². The monoisotopic (exact) mass is 402 g/mol. The number of rotatable bonds is 6. The highest BCUT2D eigenvalue weighted by Gasteiger charge is 2.42. The molecule has 2 aliphatic rings. The molecule has 1 N–H and O–H groups in total. The summed E-state index contributed by atoms with van der Waals surface area (Å²) >= 11 is 1.50. The van der Waals surface area contributed by atoms with E-state index in [9.17, 15) is 4.79 Å². The van der Waals surface area contributed by atoms with Crippen molar-refractivity contribution in [2.24, 2.45) is 11.8 Å². The maximum atomic E-state index is 12.7. The molecule has 2 saturated carbocycles. The average molecular weight is 403 g/mol. The van der Waals surface area contributed by atoms with E-state index in [1.165, 1.54) is 37.4 Å². The number of thioether (sulfide) groups is 1. The number of fused-ring (bicyclic) bond motifs is 5. The average Bonchev–Trinajstić information content (AvgIpc) is 3.67. The molecule has 0 aliphatic heterocycles. The molecule has 0 saturated heterocycles. The second-order valence-corrected chi connectivity index (χ2v) is 9.17. The molecule has 0 spiro atoms. The Labute approximate surface area is 172 Å². The number of nitrogens with one attached hydrogen (secondary N) is 1. The van der Waals surface area contributed by atoms with Crippen LogP contribution < -0.4 is 5.32 Å². The van der Waals surface area contributed by atoms with Crippen molar-refractivity contribution in [1.29, 1.82) is 0 Å². The first-order valence-electron chi connectivity index (χ1n) is 10.4. The van der Waals surface area contributed by atoms with Gasteiger partial charge in [-0.25, -0.2) is 9.97 Å². The highest BCUT2D eigenvalue weighted by atomic mass is 32.2. The van der Waals surface area contributed by atoms with Gasteiger partial charge in [0.25, 0.3) is 0 Å². The summed E-state index contributed by atoms with van der Waals surface area (Å²) in [5.74, 6) is 1.91. The van der Waals surface area contributed by atoms with Crippen LogP contribution in [-0.2, 0) is 4.79 Å².